The van der Waals surface area contributed by atoms with E-state index < -0.39 is 0 Å². The number of aromatic nitrogens is 2. The van der Waals surface area contributed by atoms with E-state index >= 15 is 0 Å². The standard InChI is InChI=1S/C20H25N3O4/c1-13-16(4-3-5-17(13)25-2)20(24)23-10-8-15(9-11-23)26-12-18-21-19(22-27-18)14-6-7-14/h3-5,14-15H,6-12H2,1-2H3. The van der Waals surface area contributed by atoms with E-state index in [4.69, 9.17) is 14.0 Å². The Bertz CT molecular complexity index is 807. The molecule has 7 heteroatoms. The van der Waals surface area contributed by atoms with Gasteiger partial charge in [0, 0.05) is 30.1 Å². The molecule has 0 spiro atoms. The fourth-order valence-corrected chi connectivity index (χ4v) is 3.49. The lowest BCUT2D eigenvalue weighted by Gasteiger charge is -2.32. The maximum absolute atomic E-state index is 12.8. The van der Waals surface area contributed by atoms with Crippen molar-refractivity contribution < 1.29 is 18.8 Å². The molecule has 0 N–H and O–H groups in total. The predicted molar refractivity (Wildman–Crippen MR) is 97.7 cm³/mol. The van der Waals surface area contributed by atoms with Gasteiger partial charge in [0.05, 0.1) is 13.2 Å². The Morgan fingerprint density at radius 3 is 2.74 bits per heavy atom. The number of hydrogen-bond acceptors (Lipinski definition) is 6. The molecule has 1 aliphatic carbocycles. The minimum absolute atomic E-state index is 0.0517. The summed E-state index contributed by atoms with van der Waals surface area (Å²) in [7, 11) is 1.62. The number of benzene rings is 1. The monoisotopic (exact) mass is 371 g/mol. The topological polar surface area (TPSA) is 77.7 Å². The highest BCUT2D eigenvalue weighted by atomic mass is 16.5. The molecule has 144 valence electrons. The number of nitrogens with zero attached hydrogens (tertiary/aromatic N) is 3. The second-order valence-corrected chi connectivity index (χ2v) is 7.26. The largest absolute Gasteiger partial charge is 0.496 e. The minimum Gasteiger partial charge on any atom is -0.496 e. The maximum atomic E-state index is 12.8. The van der Waals surface area contributed by atoms with Crippen molar-refractivity contribution in [1.82, 2.24) is 15.0 Å². The number of carbonyl (C=O) groups excluding carboxylic acids is 1. The Morgan fingerprint density at radius 1 is 1.26 bits per heavy atom. The number of hydrogen-bond donors (Lipinski definition) is 0. The van der Waals surface area contributed by atoms with Gasteiger partial charge in [-0.25, -0.2) is 0 Å². The molecule has 0 bridgehead atoms. The number of likely N-dealkylation sites (tertiary alicyclic amines) is 1. The number of ether oxygens (including phenoxy) is 2. The molecular formula is C20H25N3O4. The maximum Gasteiger partial charge on any atom is 0.254 e. The van der Waals surface area contributed by atoms with Gasteiger partial charge in [-0.1, -0.05) is 11.2 Å². The van der Waals surface area contributed by atoms with Crippen LogP contribution in [-0.4, -0.2) is 47.3 Å². The van der Waals surface area contributed by atoms with Crippen molar-refractivity contribution >= 4 is 5.91 Å². The van der Waals surface area contributed by atoms with Crippen LogP contribution in [0.15, 0.2) is 22.7 Å². The molecule has 1 aromatic heterocycles. The van der Waals surface area contributed by atoms with Crippen LogP contribution in [0, 0.1) is 6.92 Å². The van der Waals surface area contributed by atoms with Gasteiger partial charge in [0.15, 0.2) is 5.82 Å². The van der Waals surface area contributed by atoms with Gasteiger partial charge in [-0.2, -0.15) is 4.98 Å². The summed E-state index contributed by atoms with van der Waals surface area (Å²) in [4.78, 5) is 19.1. The summed E-state index contributed by atoms with van der Waals surface area (Å²) in [5.74, 6) is 2.63. The van der Waals surface area contributed by atoms with Crippen LogP contribution in [0.1, 0.15) is 59.2 Å². The molecule has 0 unspecified atom stereocenters. The summed E-state index contributed by atoms with van der Waals surface area (Å²) < 4.78 is 16.5. The molecule has 2 heterocycles. The highest BCUT2D eigenvalue weighted by Gasteiger charge is 2.29. The van der Waals surface area contributed by atoms with E-state index in [0.717, 1.165) is 42.8 Å². The average molecular weight is 371 g/mol. The molecule has 1 saturated heterocycles. The van der Waals surface area contributed by atoms with Gasteiger partial charge in [0.1, 0.15) is 12.4 Å². The van der Waals surface area contributed by atoms with E-state index in [2.05, 4.69) is 10.1 Å². The molecule has 1 saturated carbocycles. The molecule has 0 radical (unpaired) electrons. The van der Waals surface area contributed by atoms with E-state index in [-0.39, 0.29) is 12.0 Å². The molecule has 1 aromatic carbocycles. The van der Waals surface area contributed by atoms with E-state index in [1.807, 2.05) is 30.0 Å². The first-order chi connectivity index (χ1) is 13.2. The van der Waals surface area contributed by atoms with Crippen LogP contribution in [0.25, 0.3) is 0 Å². The van der Waals surface area contributed by atoms with Crippen molar-refractivity contribution in [2.75, 3.05) is 20.2 Å². The highest BCUT2D eigenvalue weighted by Crippen LogP contribution is 2.38. The molecule has 2 aromatic rings. The molecule has 4 rings (SSSR count). The summed E-state index contributed by atoms with van der Waals surface area (Å²) >= 11 is 0. The number of rotatable bonds is 6. The van der Waals surface area contributed by atoms with Crippen LogP contribution in [0.2, 0.25) is 0 Å². The van der Waals surface area contributed by atoms with E-state index in [1.165, 1.54) is 0 Å². The zero-order valence-corrected chi connectivity index (χ0v) is 15.8. The highest BCUT2D eigenvalue weighted by molar-refractivity contribution is 5.96. The SMILES string of the molecule is COc1cccc(C(=O)N2CCC(OCc3nc(C4CC4)no3)CC2)c1C. The molecule has 27 heavy (non-hydrogen) atoms. The van der Waals surface area contributed by atoms with Gasteiger partial charge < -0.3 is 18.9 Å². The van der Waals surface area contributed by atoms with Gasteiger partial charge in [-0.05, 0) is 44.7 Å². The lowest BCUT2D eigenvalue weighted by molar-refractivity contribution is -0.00979. The first-order valence-corrected chi connectivity index (χ1v) is 9.52. The Kier molecular flexibility index (Phi) is 5.11. The van der Waals surface area contributed by atoms with Crippen molar-refractivity contribution in [3.63, 3.8) is 0 Å². The normalized spacial score (nSPS) is 17.9. The van der Waals surface area contributed by atoms with Gasteiger partial charge in [-0.15, -0.1) is 0 Å². The lowest BCUT2D eigenvalue weighted by Crippen LogP contribution is -2.41. The van der Waals surface area contributed by atoms with E-state index in [9.17, 15) is 4.79 Å². The van der Waals surface area contributed by atoms with E-state index in [1.54, 1.807) is 7.11 Å². The van der Waals surface area contributed by atoms with Crippen LogP contribution in [0.5, 0.6) is 5.75 Å². The van der Waals surface area contributed by atoms with Crippen LogP contribution in [-0.2, 0) is 11.3 Å². The molecular weight excluding hydrogens is 346 g/mol. The molecule has 1 aliphatic heterocycles. The third-order valence-electron chi connectivity index (χ3n) is 5.33. The van der Waals surface area contributed by atoms with Gasteiger partial charge in [0.2, 0.25) is 0 Å². The van der Waals surface area contributed by atoms with Gasteiger partial charge in [-0.3, -0.25) is 4.79 Å². The average Bonchev–Trinajstić information content (AvgIpc) is 3.44. The fourth-order valence-electron chi connectivity index (χ4n) is 3.49. The minimum atomic E-state index is 0.0517. The Morgan fingerprint density at radius 2 is 2.04 bits per heavy atom. The second kappa shape index (κ2) is 7.68. The zero-order chi connectivity index (χ0) is 18.8. The van der Waals surface area contributed by atoms with Crippen molar-refractivity contribution in [1.29, 1.82) is 0 Å². The molecule has 0 atom stereocenters. The van der Waals surface area contributed by atoms with Crippen molar-refractivity contribution in [2.24, 2.45) is 0 Å². The number of carbonyl (C=O) groups is 1. The van der Waals surface area contributed by atoms with Crippen molar-refractivity contribution in [3.8, 4) is 5.75 Å². The first-order valence-electron chi connectivity index (χ1n) is 9.52. The quantitative estimate of drug-likeness (QED) is 0.776. The molecule has 7 nitrogen and oxygen atoms in total. The Hall–Kier alpha value is -2.41. The van der Waals surface area contributed by atoms with Crippen LogP contribution >= 0.6 is 0 Å². The van der Waals surface area contributed by atoms with Crippen molar-refractivity contribution in [2.45, 2.75) is 51.2 Å². The van der Waals surface area contributed by atoms with Crippen LogP contribution < -0.4 is 4.74 Å². The summed E-state index contributed by atoms with van der Waals surface area (Å²) in [6.45, 7) is 3.62. The molecule has 1 amide bonds. The molecule has 2 aliphatic rings. The number of methoxy groups -OCH3 is 1. The van der Waals surface area contributed by atoms with Crippen LogP contribution in [0.4, 0.5) is 0 Å². The Balaban J connectivity index is 1.28. The summed E-state index contributed by atoms with van der Waals surface area (Å²) in [5, 5.41) is 4.00. The number of amides is 1. The van der Waals surface area contributed by atoms with Crippen molar-refractivity contribution in [3.05, 3.63) is 41.0 Å². The van der Waals surface area contributed by atoms with Gasteiger partial charge in [0.25, 0.3) is 11.8 Å². The third-order valence-corrected chi connectivity index (χ3v) is 5.33. The summed E-state index contributed by atoms with van der Waals surface area (Å²) in [6, 6.07) is 5.59. The van der Waals surface area contributed by atoms with Crippen LogP contribution in [0.3, 0.4) is 0 Å². The predicted octanol–water partition coefficient (Wildman–Crippen LogP) is 3.09. The molecule has 2 fully saturated rings. The summed E-state index contributed by atoms with van der Waals surface area (Å²) in [6.07, 6.45) is 4.02. The first kappa shape index (κ1) is 18.0. The second-order valence-electron chi connectivity index (χ2n) is 7.26. The zero-order valence-electron chi connectivity index (χ0n) is 15.8. The third kappa shape index (κ3) is 3.98. The lowest BCUT2D eigenvalue weighted by atomic mass is 10.0. The smallest absolute Gasteiger partial charge is 0.254 e. The summed E-state index contributed by atoms with van der Waals surface area (Å²) in [5.41, 5.74) is 1.58. The Labute approximate surface area is 158 Å². The van der Waals surface area contributed by atoms with E-state index in [0.29, 0.717) is 37.1 Å². The number of piperidine rings is 1. The fraction of sp³-hybridized carbons (Fsp3) is 0.550. The van der Waals surface area contributed by atoms with Gasteiger partial charge >= 0.3 is 0 Å².